The van der Waals surface area contributed by atoms with Crippen molar-refractivity contribution in [3.05, 3.63) is 42.0 Å². The number of carbonyl (C=O) groups excluding carboxylic acids is 2. The summed E-state index contributed by atoms with van der Waals surface area (Å²) in [5.41, 5.74) is 1.40. The Morgan fingerprint density at radius 2 is 1.89 bits per heavy atom. The quantitative estimate of drug-likeness (QED) is 0.502. The normalized spacial score (nSPS) is 9.58. The van der Waals surface area contributed by atoms with Gasteiger partial charge in [0, 0.05) is 5.57 Å². The maximum absolute atomic E-state index is 11.4. The van der Waals surface area contributed by atoms with Crippen molar-refractivity contribution in [3.8, 4) is 5.75 Å². The zero-order chi connectivity index (χ0) is 14.3. The number of aryl methyl sites for hydroxylation is 1. The molecular weight excluding hydrogens is 246 g/mol. The molecule has 1 aromatic carbocycles. The summed E-state index contributed by atoms with van der Waals surface area (Å²) in [6.45, 7) is 7.21. The zero-order valence-corrected chi connectivity index (χ0v) is 11.1. The molecule has 0 saturated heterocycles. The van der Waals surface area contributed by atoms with Gasteiger partial charge >= 0.3 is 12.1 Å². The summed E-state index contributed by atoms with van der Waals surface area (Å²) in [4.78, 5) is 22.4. The molecule has 0 bridgehead atoms. The first-order valence-corrected chi connectivity index (χ1v) is 5.84. The third-order valence-corrected chi connectivity index (χ3v) is 2.18. The standard InChI is InChI=1S/C14H17NO4/c1-10(2)13(16)18-9-8-15-14(17)19-12-6-4-11(3)5-7-12/h4-7H,1,8-9H2,2-3H3,(H,15,17). The topological polar surface area (TPSA) is 64.6 Å². The van der Waals surface area contributed by atoms with E-state index >= 15 is 0 Å². The van der Waals surface area contributed by atoms with Crippen LogP contribution >= 0.6 is 0 Å². The second-order valence-electron chi connectivity index (χ2n) is 4.05. The summed E-state index contributed by atoms with van der Waals surface area (Å²) >= 11 is 0. The van der Waals surface area contributed by atoms with Crippen LogP contribution in [0.1, 0.15) is 12.5 Å². The molecule has 1 amide bonds. The van der Waals surface area contributed by atoms with E-state index in [2.05, 4.69) is 11.9 Å². The highest BCUT2D eigenvalue weighted by atomic mass is 16.6. The largest absolute Gasteiger partial charge is 0.460 e. The fraction of sp³-hybridized carbons (Fsp3) is 0.286. The summed E-state index contributed by atoms with van der Waals surface area (Å²) in [5.74, 6) is -0.0178. The molecule has 0 fully saturated rings. The summed E-state index contributed by atoms with van der Waals surface area (Å²) in [6, 6.07) is 7.10. The predicted molar refractivity (Wildman–Crippen MR) is 71.0 cm³/mol. The van der Waals surface area contributed by atoms with Gasteiger partial charge in [-0.3, -0.25) is 0 Å². The maximum atomic E-state index is 11.4. The van der Waals surface area contributed by atoms with Gasteiger partial charge in [-0.25, -0.2) is 9.59 Å². The van der Waals surface area contributed by atoms with Crippen LogP contribution in [0.5, 0.6) is 5.75 Å². The summed E-state index contributed by atoms with van der Waals surface area (Å²) in [7, 11) is 0. The molecule has 19 heavy (non-hydrogen) atoms. The highest BCUT2D eigenvalue weighted by molar-refractivity contribution is 5.86. The fourth-order valence-corrected chi connectivity index (χ4v) is 1.17. The molecule has 0 aromatic heterocycles. The SMILES string of the molecule is C=C(C)C(=O)OCCNC(=O)Oc1ccc(C)cc1. The van der Waals surface area contributed by atoms with Crippen LogP contribution in [0.4, 0.5) is 4.79 Å². The maximum Gasteiger partial charge on any atom is 0.412 e. The van der Waals surface area contributed by atoms with E-state index in [1.807, 2.05) is 19.1 Å². The minimum Gasteiger partial charge on any atom is -0.460 e. The molecule has 0 aliphatic heterocycles. The van der Waals surface area contributed by atoms with E-state index in [0.717, 1.165) is 5.56 Å². The van der Waals surface area contributed by atoms with Crippen molar-refractivity contribution in [2.24, 2.45) is 0 Å². The lowest BCUT2D eigenvalue weighted by Crippen LogP contribution is -2.30. The molecule has 0 radical (unpaired) electrons. The van der Waals surface area contributed by atoms with Crippen molar-refractivity contribution in [2.45, 2.75) is 13.8 Å². The molecule has 102 valence electrons. The molecule has 5 heteroatoms. The molecular formula is C14H17NO4. The molecule has 1 N–H and O–H groups in total. The number of hydrogen-bond donors (Lipinski definition) is 1. The Balaban J connectivity index is 2.23. The Morgan fingerprint density at radius 3 is 2.47 bits per heavy atom. The predicted octanol–water partition coefficient (Wildman–Crippen LogP) is 2.20. The molecule has 1 rings (SSSR count). The molecule has 0 atom stereocenters. The van der Waals surface area contributed by atoms with Crippen LogP contribution in [-0.2, 0) is 9.53 Å². The average Bonchev–Trinajstić information content (AvgIpc) is 2.37. The summed E-state index contributed by atoms with van der Waals surface area (Å²) in [6.07, 6.45) is -0.588. The van der Waals surface area contributed by atoms with Crippen LogP contribution < -0.4 is 10.1 Å². The van der Waals surface area contributed by atoms with Crippen LogP contribution in [0.25, 0.3) is 0 Å². The van der Waals surface area contributed by atoms with Crippen molar-refractivity contribution >= 4 is 12.1 Å². The smallest absolute Gasteiger partial charge is 0.412 e. The Morgan fingerprint density at radius 1 is 1.26 bits per heavy atom. The summed E-state index contributed by atoms with van der Waals surface area (Å²) in [5, 5.41) is 2.47. The molecule has 1 aromatic rings. The zero-order valence-electron chi connectivity index (χ0n) is 11.1. The van der Waals surface area contributed by atoms with Crippen LogP contribution in [0.3, 0.4) is 0 Å². The van der Waals surface area contributed by atoms with Crippen molar-refractivity contribution < 1.29 is 19.1 Å². The number of amides is 1. The minimum atomic E-state index is -0.588. The third-order valence-electron chi connectivity index (χ3n) is 2.18. The van der Waals surface area contributed by atoms with Gasteiger partial charge in [-0.1, -0.05) is 24.3 Å². The van der Waals surface area contributed by atoms with E-state index < -0.39 is 12.1 Å². The van der Waals surface area contributed by atoms with Gasteiger partial charge in [-0.15, -0.1) is 0 Å². The second kappa shape index (κ2) is 7.20. The van der Waals surface area contributed by atoms with Crippen LogP contribution in [0, 0.1) is 6.92 Å². The number of esters is 1. The van der Waals surface area contributed by atoms with Crippen LogP contribution in [-0.4, -0.2) is 25.2 Å². The van der Waals surface area contributed by atoms with Crippen molar-refractivity contribution in [3.63, 3.8) is 0 Å². The fourth-order valence-electron chi connectivity index (χ4n) is 1.17. The van der Waals surface area contributed by atoms with E-state index in [9.17, 15) is 9.59 Å². The molecule has 0 aliphatic carbocycles. The van der Waals surface area contributed by atoms with Crippen molar-refractivity contribution in [1.82, 2.24) is 5.32 Å². The van der Waals surface area contributed by atoms with Gasteiger partial charge in [-0.05, 0) is 26.0 Å². The van der Waals surface area contributed by atoms with Gasteiger partial charge in [0.15, 0.2) is 0 Å². The molecule has 0 aliphatic rings. The van der Waals surface area contributed by atoms with E-state index in [0.29, 0.717) is 11.3 Å². The molecule has 0 saturated carbocycles. The Hall–Kier alpha value is -2.30. The number of ether oxygens (including phenoxy) is 2. The molecule has 0 unspecified atom stereocenters. The molecule has 0 heterocycles. The first kappa shape index (κ1) is 14.8. The highest BCUT2D eigenvalue weighted by Crippen LogP contribution is 2.11. The number of rotatable bonds is 5. The average molecular weight is 263 g/mol. The lowest BCUT2D eigenvalue weighted by molar-refractivity contribution is -0.138. The van der Waals surface area contributed by atoms with Gasteiger partial charge in [-0.2, -0.15) is 0 Å². The van der Waals surface area contributed by atoms with E-state index in [4.69, 9.17) is 9.47 Å². The van der Waals surface area contributed by atoms with E-state index in [1.54, 1.807) is 19.1 Å². The van der Waals surface area contributed by atoms with Gasteiger partial charge < -0.3 is 14.8 Å². The Labute approximate surface area is 112 Å². The highest BCUT2D eigenvalue weighted by Gasteiger charge is 2.05. The molecule has 5 nitrogen and oxygen atoms in total. The van der Waals surface area contributed by atoms with Crippen molar-refractivity contribution in [2.75, 3.05) is 13.2 Å². The number of benzene rings is 1. The second-order valence-corrected chi connectivity index (χ2v) is 4.05. The molecule has 0 spiro atoms. The Bertz CT molecular complexity index is 465. The van der Waals surface area contributed by atoms with Crippen LogP contribution in [0.15, 0.2) is 36.4 Å². The lowest BCUT2D eigenvalue weighted by atomic mass is 10.2. The van der Waals surface area contributed by atoms with E-state index in [-0.39, 0.29) is 13.2 Å². The lowest BCUT2D eigenvalue weighted by Gasteiger charge is -2.07. The van der Waals surface area contributed by atoms with Gasteiger partial charge in [0.05, 0.1) is 6.54 Å². The van der Waals surface area contributed by atoms with Crippen molar-refractivity contribution in [1.29, 1.82) is 0 Å². The minimum absolute atomic E-state index is 0.0781. The monoisotopic (exact) mass is 263 g/mol. The number of carbonyl (C=O) groups is 2. The third kappa shape index (κ3) is 5.72. The summed E-state index contributed by atoms with van der Waals surface area (Å²) < 4.78 is 9.83. The van der Waals surface area contributed by atoms with Gasteiger partial charge in [0.1, 0.15) is 12.4 Å². The number of nitrogens with one attached hydrogen (secondary N) is 1. The van der Waals surface area contributed by atoms with Gasteiger partial charge in [0.25, 0.3) is 0 Å². The number of hydrogen-bond acceptors (Lipinski definition) is 4. The van der Waals surface area contributed by atoms with Crippen LogP contribution in [0.2, 0.25) is 0 Å². The first-order chi connectivity index (χ1) is 8.99. The van der Waals surface area contributed by atoms with Gasteiger partial charge in [0.2, 0.25) is 0 Å². The first-order valence-electron chi connectivity index (χ1n) is 5.84. The Kier molecular flexibility index (Phi) is 5.60. The van der Waals surface area contributed by atoms with E-state index in [1.165, 1.54) is 0 Å².